The Morgan fingerprint density at radius 3 is 2.72 bits per heavy atom. The summed E-state index contributed by atoms with van der Waals surface area (Å²) in [7, 11) is 0. The number of aromatic nitrogens is 2. The minimum Gasteiger partial charge on any atom is -0.457 e. The molecule has 1 fully saturated rings. The second kappa shape index (κ2) is 10.8. The van der Waals surface area contributed by atoms with Crippen molar-refractivity contribution in [3.8, 4) is 11.5 Å². The number of aliphatic hydroxyl groups is 1. The van der Waals surface area contributed by atoms with Gasteiger partial charge in [0.15, 0.2) is 0 Å². The number of rotatable bonds is 9. The van der Waals surface area contributed by atoms with Crippen LogP contribution >= 0.6 is 0 Å². The Morgan fingerprint density at radius 1 is 1.09 bits per heavy atom. The molecule has 3 aromatic rings. The Morgan fingerprint density at radius 2 is 1.91 bits per heavy atom. The molecule has 0 spiro atoms. The fourth-order valence-corrected chi connectivity index (χ4v) is 4.13. The van der Waals surface area contributed by atoms with Crippen LogP contribution in [-0.4, -0.2) is 39.4 Å². The second-order valence-electron chi connectivity index (χ2n) is 8.25. The molecule has 3 atom stereocenters. The maximum absolute atomic E-state index is 12.4. The van der Waals surface area contributed by atoms with E-state index < -0.39 is 6.10 Å². The van der Waals surface area contributed by atoms with Crippen molar-refractivity contribution >= 4 is 11.6 Å². The lowest BCUT2D eigenvalue weighted by Crippen LogP contribution is -2.53. The van der Waals surface area contributed by atoms with Crippen molar-refractivity contribution in [2.75, 3.05) is 5.32 Å². The number of hydrogen-bond acceptors (Lipinski definition) is 5. The number of ether oxygens (including phenoxy) is 1. The zero-order valence-electron chi connectivity index (χ0n) is 18.0. The normalized spacial score (nSPS) is 20.5. The number of carbonyl (C=O) groups is 1. The van der Waals surface area contributed by atoms with Gasteiger partial charge in [-0.05, 0) is 61.9 Å². The third-order valence-corrected chi connectivity index (χ3v) is 5.79. The van der Waals surface area contributed by atoms with Crippen LogP contribution in [0.4, 0.5) is 5.69 Å². The fourth-order valence-electron chi connectivity index (χ4n) is 4.13. The zero-order valence-corrected chi connectivity index (χ0v) is 18.0. The van der Waals surface area contributed by atoms with Crippen molar-refractivity contribution in [3.63, 3.8) is 0 Å². The molecule has 0 saturated heterocycles. The van der Waals surface area contributed by atoms with E-state index in [0.717, 1.165) is 54.9 Å². The SMILES string of the molecule is O=C(CCCc1cn[nH]c1)N[C@@H]1CCC[C@@H](Nc2cccc(Oc3ccccc3)c2)[C@@H]1O. The Kier molecular flexibility index (Phi) is 7.40. The van der Waals surface area contributed by atoms with Crippen LogP contribution in [0, 0.1) is 0 Å². The zero-order chi connectivity index (χ0) is 22.2. The number of aliphatic hydroxyl groups excluding tert-OH is 1. The molecule has 0 aliphatic heterocycles. The number of hydrogen-bond donors (Lipinski definition) is 4. The summed E-state index contributed by atoms with van der Waals surface area (Å²) in [6.07, 6.45) is 7.53. The van der Waals surface area contributed by atoms with E-state index in [4.69, 9.17) is 4.74 Å². The van der Waals surface area contributed by atoms with Crippen LogP contribution in [0.5, 0.6) is 11.5 Å². The van der Waals surface area contributed by atoms with Crippen LogP contribution < -0.4 is 15.4 Å². The predicted octanol–water partition coefficient (Wildman–Crippen LogP) is 4.04. The van der Waals surface area contributed by atoms with Crippen LogP contribution in [0.15, 0.2) is 67.0 Å². The molecule has 168 valence electrons. The molecule has 1 aliphatic carbocycles. The van der Waals surface area contributed by atoms with Gasteiger partial charge < -0.3 is 20.5 Å². The largest absolute Gasteiger partial charge is 0.457 e. The van der Waals surface area contributed by atoms with Crippen molar-refractivity contribution in [2.24, 2.45) is 0 Å². The van der Waals surface area contributed by atoms with Gasteiger partial charge in [-0.3, -0.25) is 9.89 Å². The first-order valence-electron chi connectivity index (χ1n) is 11.2. The average molecular weight is 435 g/mol. The first kappa shape index (κ1) is 21.9. The van der Waals surface area contributed by atoms with Gasteiger partial charge in [0, 0.05) is 24.4 Å². The lowest BCUT2D eigenvalue weighted by Gasteiger charge is -2.36. The lowest BCUT2D eigenvalue weighted by molar-refractivity contribution is -0.123. The van der Waals surface area contributed by atoms with Gasteiger partial charge >= 0.3 is 0 Å². The number of para-hydroxylation sites is 1. The van der Waals surface area contributed by atoms with Crippen molar-refractivity contribution in [3.05, 3.63) is 72.6 Å². The number of nitrogens with zero attached hydrogens (tertiary/aromatic N) is 1. The first-order chi connectivity index (χ1) is 15.7. The number of aromatic amines is 1. The summed E-state index contributed by atoms with van der Waals surface area (Å²) in [4.78, 5) is 12.4. The van der Waals surface area contributed by atoms with Gasteiger partial charge in [-0.25, -0.2) is 0 Å². The van der Waals surface area contributed by atoms with E-state index in [1.165, 1.54) is 0 Å². The minimum absolute atomic E-state index is 0.0172. The van der Waals surface area contributed by atoms with Crippen LogP contribution in [0.25, 0.3) is 0 Å². The monoisotopic (exact) mass is 434 g/mol. The van der Waals surface area contributed by atoms with Crippen molar-refractivity contribution in [2.45, 2.75) is 56.7 Å². The number of amides is 1. The smallest absolute Gasteiger partial charge is 0.220 e. The van der Waals surface area contributed by atoms with Crippen LogP contribution in [0.1, 0.15) is 37.7 Å². The highest BCUT2D eigenvalue weighted by Gasteiger charge is 2.32. The summed E-state index contributed by atoms with van der Waals surface area (Å²) in [6.45, 7) is 0. The Bertz CT molecular complexity index is 978. The Hall–Kier alpha value is -3.32. The van der Waals surface area contributed by atoms with Gasteiger partial charge in [0.05, 0.1) is 24.4 Å². The number of aryl methyl sites for hydroxylation is 1. The summed E-state index contributed by atoms with van der Waals surface area (Å²) >= 11 is 0. The quantitative estimate of drug-likeness (QED) is 0.407. The van der Waals surface area contributed by atoms with E-state index in [2.05, 4.69) is 20.8 Å². The molecule has 32 heavy (non-hydrogen) atoms. The highest BCUT2D eigenvalue weighted by molar-refractivity contribution is 5.76. The summed E-state index contributed by atoms with van der Waals surface area (Å²) < 4.78 is 5.91. The summed E-state index contributed by atoms with van der Waals surface area (Å²) in [5, 5.41) is 24.1. The van der Waals surface area contributed by atoms with E-state index in [0.29, 0.717) is 6.42 Å². The molecule has 7 nitrogen and oxygen atoms in total. The minimum atomic E-state index is -0.653. The van der Waals surface area contributed by atoms with Gasteiger partial charge in [0.1, 0.15) is 11.5 Å². The van der Waals surface area contributed by atoms with Gasteiger partial charge in [-0.2, -0.15) is 5.10 Å². The van der Waals surface area contributed by atoms with Crippen LogP contribution in [-0.2, 0) is 11.2 Å². The molecule has 7 heteroatoms. The molecule has 0 radical (unpaired) electrons. The molecule has 0 unspecified atom stereocenters. The number of nitrogens with one attached hydrogen (secondary N) is 3. The fraction of sp³-hybridized carbons (Fsp3) is 0.360. The van der Waals surface area contributed by atoms with Gasteiger partial charge in [0.25, 0.3) is 0 Å². The van der Waals surface area contributed by atoms with E-state index in [1.54, 1.807) is 6.20 Å². The third kappa shape index (κ3) is 6.11. The Balaban J connectivity index is 1.28. The maximum atomic E-state index is 12.4. The standard InChI is InChI=1S/C25H30N4O3/c30-24(14-4-7-18-16-26-27-17-18)29-23-13-6-12-22(25(23)31)28-19-8-5-11-21(15-19)32-20-9-2-1-3-10-20/h1-3,5,8-11,15-17,22-23,25,28,31H,4,6-7,12-14H2,(H,26,27)(H,29,30)/t22-,23-,25+/m1/s1. The molecule has 1 heterocycles. The molecule has 4 rings (SSSR count). The molecule has 4 N–H and O–H groups in total. The Labute approximate surface area is 188 Å². The third-order valence-electron chi connectivity index (χ3n) is 5.79. The maximum Gasteiger partial charge on any atom is 0.220 e. The lowest BCUT2D eigenvalue weighted by atomic mass is 9.87. The second-order valence-corrected chi connectivity index (χ2v) is 8.25. The van der Waals surface area contributed by atoms with Crippen molar-refractivity contribution in [1.29, 1.82) is 0 Å². The van der Waals surface area contributed by atoms with Gasteiger partial charge in [-0.1, -0.05) is 24.3 Å². The molecule has 1 aliphatic rings. The molecule has 1 saturated carbocycles. The van der Waals surface area contributed by atoms with Gasteiger partial charge in [0.2, 0.25) is 5.91 Å². The molecule has 1 amide bonds. The van der Waals surface area contributed by atoms with E-state index in [9.17, 15) is 9.90 Å². The first-order valence-corrected chi connectivity index (χ1v) is 11.2. The number of benzene rings is 2. The molecule has 2 aromatic carbocycles. The number of H-pyrrole nitrogens is 1. The van der Waals surface area contributed by atoms with E-state index >= 15 is 0 Å². The molecular weight excluding hydrogens is 404 g/mol. The van der Waals surface area contributed by atoms with Crippen LogP contribution in [0.2, 0.25) is 0 Å². The average Bonchev–Trinajstić information content (AvgIpc) is 3.31. The molecule has 1 aromatic heterocycles. The molecular formula is C25H30N4O3. The van der Waals surface area contributed by atoms with Gasteiger partial charge in [-0.15, -0.1) is 0 Å². The van der Waals surface area contributed by atoms with E-state index in [-0.39, 0.29) is 18.0 Å². The van der Waals surface area contributed by atoms with Crippen LogP contribution in [0.3, 0.4) is 0 Å². The van der Waals surface area contributed by atoms with Crippen molar-refractivity contribution in [1.82, 2.24) is 15.5 Å². The molecule has 0 bridgehead atoms. The van der Waals surface area contributed by atoms with E-state index in [1.807, 2.05) is 60.8 Å². The highest BCUT2D eigenvalue weighted by atomic mass is 16.5. The number of carbonyl (C=O) groups excluding carboxylic acids is 1. The summed E-state index contributed by atoms with van der Waals surface area (Å²) in [5.41, 5.74) is 1.98. The highest BCUT2D eigenvalue weighted by Crippen LogP contribution is 2.27. The number of anilines is 1. The summed E-state index contributed by atoms with van der Waals surface area (Å²) in [5.74, 6) is 1.49. The summed E-state index contributed by atoms with van der Waals surface area (Å²) in [6, 6.07) is 17.0. The predicted molar refractivity (Wildman–Crippen MR) is 124 cm³/mol. The van der Waals surface area contributed by atoms with Crippen molar-refractivity contribution < 1.29 is 14.6 Å². The topological polar surface area (TPSA) is 99.3 Å².